The highest BCUT2D eigenvalue weighted by Crippen LogP contribution is 2.23. The van der Waals surface area contributed by atoms with E-state index in [2.05, 4.69) is 17.3 Å². The van der Waals surface area contributed by atoms with E-state index >= 15 is 0 Å². The van der Waals surface area contributed by atoms with Crippen molar-refractivity contribution < 1.29 is 5.11 Å². The molecule has 2 rings (SSSR count). The van der Waals surface area contributed by atoms with Gasteiger partial charge in [-0.2, -0.15) is 5.10 Å². The Morgan fingerprint density at radius 3 is 3.00 bits per heavy atom. The molecule has 0 bridgehead atoms. The first-order chi connectivity index (χ1) is 7.62. The van der Waals surface area contributed by atoms with Crippen molar-refractivity contribution in [3.63, 3.8) is 0 Å². The Balaban J connectivity index is 1.95. The number of rotatable bonds is 6. The molecule has 1 fully saturated rings. The quantitative estimate of drug-likeness (QED) is 0.763. The first-order valence-electron chi connectivity index (χ1n) is 6.10. The molecule has 90 valence electrons. The lowest BCUT2D eigenvalue weighted by atomic mass is 10.00. The van der Waals surface area contributed by atoms with Gasteiger partial charge in [0, 0.05) is 30.9 Å². The molecule has 0 amide bonds. The number of aryl methyl sites for hydroxylation is 1. The van der Waals surface area contributed by atoms with Gasteiger partial charge in [-0.25, -0.2) is 0 Å². The third-order valence-electron chi connectivity index (χ3n) is 3.02. The minimum Gasteiger partial charge on any atom is -0.384 e. The normalized spacial score (nSPS) is 19.7. The monoisotopic (exact) mass is 223 g/mol. The predicted octanol–water partition coefficient (Wildman–Crippen LogP) is 1.25. The summed E-state index contributed by atoms with van der Waals surface area (Å²) in [7, 11) is 0. The summed E-state index contributed by atoms with van der Waals surface area (Å²) in [5, 5.41) is 17.9. The fraction of sp³-hybridized carbons (Fsp3) is 0.750. The molecule has 1 aliphatic carbocycles. The van der Waals surface area contributed by atoms with E-state index in [1.54, 1.807) is 6.20 Å². The van der Waals surface area contributed by atoms with Gasteiger partial charge in [0.1, 0.15) is 5.60 Å². The Labute approximate surface area is 96.7 Å². The third kappa shape index (κ3) is 2.83. The molecule has 0 aromatic carbocycles. The molecule has 1 atom stereocenters. The molecule has 4 nitrogen and oxygen atoms in total. The van der Waals surface area contributed by atoms with E-state index in [4.69, 9.17) is 0 Å². The minimum atomic E-state index is -0.811. The van der Waals surface area contributed by atoms with Gasteiger partial charge in [0.15, 0.2) is 0 Å². The molecule has 1 aromatic rings. The average molecular weight is 223 g/mol. The van der Waals surface area contributed by atoms with Crippen molar-refractivity contribution in [2.24, 2.45) is 0 Å². The van der Waals surface area contributed by atoms with Gasteiger partial charge < -0.3 is 10.4 Å². The van der Waals surface area contributed by atoms with Crippen molar-refractivity contribution >= 4 is 0 Å². The maximum Gasteiger partial charge on any atom is 0.102 e. The predicted molar refractivity (Wildman–Crippen MR) is 63.1 cm³/mol. The molecule has 1 heterocycles. The summed E-state index contributed by atoms with van der Waals surface area (Å²) in [4.78, 5) is 0. The van der Waals surface area contributed by atoms with Gasteiger partial charge in [-0.3, -0.25) is 4.68 Å². The lowest BCUT2D eigenvalue weighted by Crippen LogP contribution is -2.36. The van der Waals surface area contributed by atoms with Gasteiger partial charge in [0.05, 0.1) is 6.20 Å². The number of aromatic nitrogens is 2. The lowest BCUT2D eigenvalue weighted by Gasteiger charge is -2.22. The van der Waals surface area contributed by atoms with Gasteiger partial charge in [-0.05, 0) is 26.2 Å². The number of aliphatic hydroxyl groups is 1. The van der Waals surface area contributed by atoms with E-state index in [1.807, 2.05) is 17.8 Å². The van der Waals surface area contributed by atoms with Crippen molar-refractivity contribution in [1.82, 2.24) is 15.1 Å². The summed E-state index contributed by atoms with van der Waals surface area (Å²) >= 11 is 0. The highest BCUT2D eigenvalue weighted by atomic mass is 16.3. The number of hydrogen-bond donors (Lipinski definition) is 2. The molecule has 0 aliphatic heterocycles. The maximum atomic E-state index is 10.3. The summed E-state index contributed by atoms with van der Waals surface area (Å²) in [5.74, 6) is 0. The van der Waals surface area contributed by atoms with Crippen LogP contribution in [0.5, 0.6) is 0 Å². The molecule has 0 spiro atoms. The minimum absolute atomic E-state index is 0.607. The van der Waals surface area contributed by atoms with Gasteiger partial charge in [0.2, 0.25) is 0 Å². The van der Waals surface area contributed by atoms with Gasteiger partial charge in [0.25, 0.3) is 0 Å². The van der Waals surface area contributed by atoms with Crippen LogP contribution in [0.2, 0.25) is 0 Å². The number of hydrogen-bond acceptors (Lipinski definition) is 3. The molecule has 1 saturated carbocycles. The molecule has 1 aliphatic rings. The van der Waals surface area contributed by atoms with Crippen LogP contribution in [-0.2, 0) is 12.1 Å². The van der Waals surface area contributed by atoms with E-state index in [0.29, 0.717) is 12.6 Å². The maximum absolute atomic E-state index is 10.3. The Hall–Kier alpha value is -0.870. The molecule has 0 radical (unpaired) electrons. The van der Waals surface area contributed by atoms with Crippen LogP contribution in [0.4, 0.5) is 0 Å². The highest BCUT2D eigenvalue weighted by Gasteiger charge is 2.28. The number of nitrogens with zero attached hydrogens (tertiary/aromatic N) is 2. The molecular weight excluding hydrogens is 202 g/mol. The molecule has 4 heteroatoms. The van der Waals surface area contributed by atoms with Crippen LogP contribution < -0.4 is 5.32 Å². The van der Waals surface area contributed by atoms with E-state index in [9.17, 15) is 5.11 Å². The molecular formula is C12H21N3O. The number of nitrogens with one attached hydrogen (secondary N) is 1. The van der Waals surface area contributed by atoms with E-state index in [-0.39, 0.29) is 0 Å². The third-order valence-corrected chi connectivity index (χ3v) is 3.02. The van der Waals surface area contributed by atoms with Crippen LogP contribution in [0.25, 0.3) is 0 Å². The molecule has 16 heavy (non-hydrogen) atoms. The Morgan fingerprint density at radius 2 is 2.38 bits per heavy atom. The van der Waals surface area contributed by atoms with Crippen molar-refractivity contribution in [3.05, 3.63) is 18.0 Å². The molecule has 1 aromatic heterocycles. The second kappa shape index (κ2) is 4.55. The highest BCUT2D eigenvalue weighted by molar-refractivity contribution is 5.14. The summed E-state index contributed by atoms with van der Waals surface area (Å²) in [6.45, 7) is 5.48. The zero-order valence-electron chi connectivity index (χ0n) is 10.1. The zero-order chi connectivity index (χ0) is 11.6. The standard InChI is InChI=1S/C12H21N3O/c1-3-6-15-8-10(7-14-15)12(2,16)9-13-11-4-5-11/h7-8,11,13,16H,3-6,9H2,1-2H3. The van der Waals surface area contributed by atoms with Crippen molar-refractivity contribution in [3.8, 4) is 0 Å². The molecule has 0 saturated heterocycles. The largest absolute Gasteiger partial charge is 0.384 e. The fourth-order valence-electron chi connectivity index (χ4n) is 1.73. The van der Waals surface area contributed by atoms with Gasteiger partial charge >= 0.3 is 0 Å². The summed E-state index contributed by atoms with van der Waals surface area (Å²) in [5.41, 5.74) is 0.0864. The van der Waals surface area contributed by atoms with E-state index in [0.717, 1.165) is 18.5 Å². The second-order valence-electron chi connectivity index (χ2n) is 4.92. The Bertz CT molecular complexity index is 342. The van der Waals surface area contributed by atoms with Crippen LogP contribution >= 0.6 is 0 Å². The first-order valence-corrected chi connectivity index (χ1v) is 6.10. The van der Waals surface area contributed by atoms with E-state index < -0.39 is 5.60 Å². The van der Waals surface area contributed by atoms with Crippen molar-refractivity contribution in [1.29, 1.82) is 0 Å². The van der Waals surface area contributed by atoms with Crippen molar-refractivity contribution in [2.75, 3.05) is 6.54 Å². The van der Waals surface area contributed by atoms with Gasteiger partial charge in [-0.1, -0.05) is 6.92 Å². The topological polar surface area (TPSA) is 50.1 Å². The lowest BCUT2D eigenvalue weighted by molar-refractivity contribution is 0.0565. The Kier molecular flexibility index (Phi) is 3.30. The van der Waals surface area contributed by atoms with E-state index in [1.165, 1.54) is 12.8 Å². The second-order valence-corrected chi connectivity index (χ2v) is 4.92. The van der Waals surface area contributed by atoms with Gasteiger partial charge in [-0.15, -0.1) is 0 Å². The van der Waals surface area contributed by atoms with Crippen LogP contribution in [-0.4, -0.2) is 27.5 Å². The zero-order valence-corrected chi connectivity index (χ0v) is 10.1. The molecule has 1 unspecified atom stereocenters. The van der Waals surface area contributed by atoms with Crippen LogP contribution in [0.3, 0.4) is 0 Å². The smallest absolute Gasteiger partial charge is 0.102 e. The molecule has 2 N–H and O–H groups in total. The van der Waals surface area contributed by atoms with Crippen molar-refractivity contribution in [2.45, 2.75) is 51.3 Å². The Morgan fingerprint density at radius 1 is 1.62 bits per heavy atom. The van der Waals surface area contributed by atoms with Crippen LogP contribution in [0, 0.1) is 0 Å². The first kappa shape index (κ1) is 11.6. The summed E-state index contributed by atoms with van der Waals surface area (Å²) in [6.07, 6.45) is 7.25. The SMILES string of the molecule is CCCn1cc(C(C)(O)CNC2CC2)cn1. The average Bonchev–Trinajstić information content (AvgIpc) is 2.95. The summed E-state index contributed by atoms with van der Waals surface area (Å²) < 4.78 is 1.89. The summed E-state index contributed by atoms with van der Waals surface area (Å²) in [6, 6.07) is 0.622. The van der Waals surface area contributed by atoms with Crippen LogP contribution in [0.1, 0.15) is 38.7 Å². The fourth-order valence-corrected chi connectivity index (χ4v) is 1.73. The van der Waals surface area contributed by atoms with Crippen LogP contribution in [0.15, 0.2) is 12.4 Å².